The molecule has 1 heterocycles. The second kappa shape index (κ2) is 8.41. The molecule has 0 saturated carbocycles. The Kier molecular flexibility index (Phi) is 7.22. The van der Waals surface area contributed by atoms with Crippen LogP contribution in [-0.4, -0.2) is 40.2 Å². The van der Waals surface area contributed by atoms with Gasteiger partial charge in [-0.05, 0) is 18.9 Å². The highest BCUT2D eigenvalue weighted by Gasteiger charge is 2.15. The Balaban J connectivity index is 2.73. The van der Waals surface area contributed by atoms with E-state index in [1.54, 1.807) is 7.11 Å². The maximum Gasteiger partial charge on any atom is 0.242 e. The van der Waals surface area contributed by atoms with Gasteiger partial charge in [-0.25, -0.2) is 18.1 Å². The molecule has 1 aromatic rings. The minimum Gasteiger partial charge on any atom is -0.385 e. The van der Waals surface area contributed by atoms with Crippen LogP contribution in [0.4, 0.5) is 5.82 Å². The maximum atomic E-state index is 12.0. The summed E-state index contributed by atoms with van der Waals surface area (Å²) >= 11 is 6.02. The Labute approximate surface area is 124 Å². The van der Waals surface area contributed by atoms with Crippen molar-refractivity contribution in [3.05, 3.63) is 17.3 Å². The Bertz CT molecular complexity index is 523. The quantitative estimate of drug-likeness (QED) is 0.679. The zero-order valence-electron chi connectivity index (χ0n) is 11.6. The molecule has 1 aromatic heterocycles. The number of rotatable bonds is 9. The van der Waals surface area contributed by atoms with Crippen LogP contribution in [0, 0.1) is 0 Å². The van der Waals surface area contributed by atoms with Crippen LogP contribution in [0.25, 0.3) is 0 Å². The summed E-state index contributed by atoms with van der Waals surface area (Å²) in [5.74, 6) is 0.492. The van der Waals surface area contributed by atoms with E-state index in [9.17, 15) is 8.42 Å². The van der Waals surface area contributed by atoms with Gasteiger partial charge in [0.2, 0.25) is 10.0 Å². The van der Waals surface area contributed by atoms with Crippen LogP contribution in [0.5, 0.6) is 0 Å². The van der Waals surface area contributed by atoms with Crippen molar-refractivity contribution in [1.29, 1.82) is 0 Å². The maximum absolute atomic E-state index is 12.0. The van der Waals surface area contributed by atoms with E-state index < -0.39 is 10.0 Å². The molecule has 0 radical (unpaired) electrons. The fraction of sp³-hybridized carbons (Fsp3) is 0.583. The molecule has 8 heteroatoms. The van der Waals surface area contributed by atoms with Crippen LogP contribution in [-0.2, 0) is 14.8 Å². The summed E-state index contributed by atoms with van der Waals surface area (Å²) in [6.45, 7) is 3.56. The highest BCUT2D eigenvalue weighted by molar-refractivity contribution is 7.89. The molecule has 0 aliphatic heterocycles. The van der Waals surface area contributed by atoms with Gasteiger partial charge in [0.25, 0.3) is 0 Å². The van der Waals surface area contributed by atoms with Gasteiger partial charge >= 0.3 is 0 Å². The van der Waals surface area contributed by atoms with E-state index in [4.69, 9.17) is 16.3 Å². The highest BCUT2D eigenvalue weighted by Crippen LogP contribution is 2.22. The zero-order valence-corrected chi connectivity index (χ0v) is 13.2. The molecule has 1 rings (SSSR count). The molecule has 2 N–H and O–H groups in total. The van der Waals surface area contributed by atoms with Crippen LogP contribution in [0.3, 0.4) is 0 Å². The molecule has 0 amide bonds. The van der Waals surface area contributed by atoms with Gasteiger partial charge in [0, 0.05) is 33.0 Å². The lowest BCUT2D eigenvalue weighted by Gasteiger charge is -2.09. The number of nitrogens with one attached hydrogen (secondary N) is 2. The van der Waals surface area contributed by atoms with Crippen LogP contribution in [0.2, 0.25) is 5.02 Å². The summed E-state index contributed by atoms with van der Waals surface area (Å²) in [5.41, 5.74) is 0. The lowest BCUT2D eigenvalue weighted by atomic mass is 10.4. The van der Waals surface area contributed by atoms with Crippen LogP contribution in [0.1, 0.15) is 19.8 Å². The molecule has 0 aliphatic rings. The predicted octanol–water partition coefficient (Wildman–Crippen LogP) is 1.87. The molecule has 0 atom stereocenters. The van der Waals surface area contributed by atoms with Crippen molar-refractivity contribution in [1.82, 2.24) is 9.71 Å². The largest absolute Gasteiger partial charge is 0.385 e. The van der Waals surface area contributed by atoms with Crippen LogP contribution >= 0.6 is 11.6 Å². The van der Waals surface area contributed by atoms with Crippen molar-refractivity contribution in [2.24, 2.45) is 0 Å². The first-order chi connectivity index (χ1) is 9.51. The molecule has 114 valence electrons. The lowest BCUT2D eigenvalue weighted by Crippen LogP contribution is -2.25. The first-order valence-corrected chi connectivity index (χ1v) is 8.25. The second-order valence-electron chi connectivity index (χ2n) is 4.17. The first kappa shape index (κ1) is 17.2. The summed E-state index contributed by atoms with van der Waals surface area (Å²) < 4.78 is 31.3. The molecular formula is C12H20ClN3O3S. The van der Waals surface area contributed by atoms with E-state index in [0.29, 0.717) is 30.4 Å². The molecule has 0 bridgehead atoms. The normalized spacial score (nSPS) is 11.6. The number of sulfonamides is 1. The smallest absolute Gasteiger partial charge is 0.242 e. The number of nitrogens with zero attached hydrogens (tertiary/aromatic N) is 1. The molecule has 20 heavy (non-hydrogen) atoms. The number of hydrogen-bond acceptors (Lipinski definition) is 5. The Morgan fingerprint density at radius 3 is 2.75 bits per heavy atom. The summed E-state index contributed by atoms with van der Waals surface area (Å²) in [6.07, 6.45) is 2.83. The summed E-state index contributed by atoms with van der Waals surface area (Å²) in [5, 5.41) is 3.32. The van der Waals surface area contributed by atoms with Gasteiger partial charge in [-0.1, -0.05) is 18.5 Å². The predicted molar refractivity (Wildman–Crippen MR) is 79.7 cm³/mol. The monoisotopic (exact) mass is 321 g/mol. The van der Waals surface area contributed by atoms with Crippen molar-refractivity contribution in [2.75, 3.05) is 32.1 Å². The molecule has 0 aliphatic carbocycles. The number of hydrogen-bond donors (Lipinski definition) is 2. The molecule has 0 fully saturated rings. The molecular weight excluding hydrogens is 302 g/mol. The fourth-order valence-corrected chi connectivity index (χ4v) is 2.79. The van der Waals surface area contributed by atoms with Gasteiger partial charge in [0.05, 0.1) is 5.02 Å². The van der Waals surface area contributed by atoms with E-state index >= 15 is 0 Å². The highest BCUT2D eigenvalue weighted by atomic mass is 35.5. The van der Waals surface area contributed by atoms with E-state index in [1.165, 1.54) is 12.3 Å². The van der Waals surface area contributed by atoms with Crippen molar-refractivity contribution in [3.63, 3.8) is 0 Å². The van der Waals surface area contributed by atoms with Gasteiger partial charge in [-0.3, -0.25) is 0 Å². The van der Waals surface area contributed by atoms with Crippen LogP contribution < -0.4 is 10.0 Å². The van der Waals surface area contributed by atoms with Crippen molar-refractivity contribution < 1.29 is 13.2 Å². The van der Waals surface area contributed by atoms with Gasteiger partial charge < -0.3 is 10.1 Å². The lowest BCUT2D eigenvalue weighted by molar-refractivity contribution is 0.196. The number of anilines is 1. The topological polar surface area (TPSA) is 80.3 Å². The van der Waals surface area contributed by atoms with E-state index in [1.807, 2.05) is 6.92 Å². The molecule has 0 spiro atoms. The van der Waals surface area contributed by atoms with Gasteiger partial charge in [-0.15, -0.1) is 0 Å². The van der Waals surface area contributed by atoms with Crippen molar-refractivity contribution >= 4 is 27.4 Å². The van der Waals surface area contributed by atoms with Crippen molar-refractivity contribution in [3.8, 4) is 0 Å². The SMILES string of the molecule is CCCNc1ncc(S(=O)(=O)NCCCOC)cc1Cl. The minimum absolute atomic E-state index is 0.0574. The fourth-order valence-electron chi connectivity index (χ4n) is 1.45. The zero-order chi connectivity index (χ0) is 15.0. The van der Waals surface area contributed by atoms with E-state index in [2.05, 4.69) is 15.0 Å². The molecule has 0 saturated heterocycles. The standard InChI is InChI=1S/C12H20ClN3O3S/c1-3-5-14-12-11(13)8-10(9-15-12)20(17,18)16-6-4-7-19-2/h8-9,16H,3-7H2,1-2H3,(H,14,15). The first-order valence-electron chi connectivity index (χ1n) is 6.39. The Morgan fingerprint density at radius 2 is 2.15 bits per heavy atom. The number of methoxy groups -OCH3 is 1. The Morgan fingerprint density at radius 1 is 1.40 bits per heavy atom. The third kappa shape index (κ3) is 5.24. The van der Waals surface area contributed by atoms with E-state index in [0.717, 1.165) is 13.0 Å². The average Bonchev–Trinajstić information content (AvgIpc) is 2.42. The molecule has 6 nitrogen and oxygen atoms in total. The number of ether oxygens (including phenoxy) is 1. The Hall–Kier alpha value is -0.890. The number of aromatic nitrogens is 1. The summed E-state index contributed by atoms with van der Waals surface area (Å²) in [4.78, 5) is 4.10. The van der Waals surface area contributed by atoms with Gasteiger partial charge in [0.15, 0.2) is 0 Å². The summed E-state index contributed by atoms with van der Waals surface area (Å²) in [6, 6.07) is 1.39. The summed E-state index contributed by atoms with van der Waals surface area (Å²) in [7, 11) is -2.01. The third-order valence-corrected chi connectivity index (χ3v) is 4.20. The average molecular weight is 322 g/mol. The third-order valence-electron chi connectivity index (χ3n) is 2.49. The van der Waals surface area contributed by atoms with Crippen LogP contribution in [0.15, 0.2) is 17.2 Å². The van der Waals surface area contributed by atoms with Gasteiger partial charge in [-0.2, -0.15) is 0 Å². The van der Waals surface area contributed by atoms with Gasteiger partial charge in [0.1, 0.15) is 10.7 Å². The molecule has 0 unspecified atom stereocenters. The van der Waals surface area contributed by atoms with E-state index in [-0.39, 0.29) is 4.90 Å². The molecule has 0 aromatic carbocycles. The second-order valence-corrected chi connectivity index (χ2v) is 6.35. The number of pyridine rings is 1. The van der Waals surface area contributed by atoms with Crippen molar-refractivity contribution in [2.45, 2.75) is 24.7 Å². The number of halogens is 1. The minimum atomic E-state index is -3.58.